The van der Waals surface area contributed by atoms with Crippen LogP contribution in [0.15, 0.2) is 12.3 Å². The molecule has 7 nitrogen and oxygen atoms in total. The second-order valence-electron chi connectivity index (χ2n) is 5.72. The van der Waals surface area contributed by atoms with Crippen LogP contribution in [0.3, 0.4) is 0 Å². The maximum absolute atomic E-state index is 12.4. The minimum atomic E-state index is -0.0711. The summed E-state index contributed by atoms with van der Waals surface area (Å²) in [5, 5.41) is 8.35. The van der Waals surface area contributed by atoms with Crippen molar-refractivity contribution < 1.29 is 4.79 Å². The summed E-state index contributed by atoms with van der Waals surface area (Å²) in [5.41, 5.74) is 1.90. The Labute approximate surface area is 138 Å². The van der Waals surface area contributed by atoms with Crippen molar-refractivity contribution in [2.24, 2.45) is 14.1 Å². The van der Waals surface area contributed by atoms with Gasteiger partial charge in [-0.15, -0.1) is 11.3 Å². The number of carbonyl (C=O) groups excluding carboxylic acids is 1. The van der Waals surface area contributed by atoms with Gasteiger partial charge < -0.3 is 14.8 Å². The van der Waals surface area contributed by atoms with Crippen LogP contribution in [0.4, 0.5) is 5.95 Å². The van der Waals surface area contributed by atoms with Crippen molar-refractivity contribution in [3.63, 3.8) is 0 Å². The van der Waals surface area contributed by atoms with E-state index < -0.39 is 0 Å². The lowest BCUT2D eigenvalue weighted by Crippen LogP contribution is -2.23. The molecule has 0 saturated carbocycles. The predicted octanol–water partition coefficient (Wildman–Crippen LogP) is 1.67. The predicted molar refractivity (Wildman–Crippen MR) is 92.0 cm³/mol. The molecule has 3 aromatic heterocycles. The molecule has 3 heterocycles. The third kappa shape index (κ3) is 2.70. The molecule has 8 heteroatoms. The molecule has 0 fully saturated rings. The molecule has 0 atom stereocenters. The van der Waals surface area contributed by atoms with E-state index in [0.29, 0.717) is 11.4 Å². The smallest absolute Gasteiger partial charge is 0.261 e. The minimum absolute atomic E-state index is 0.0711. The van der Waals surface area contributed by atoms with Crippen LogP contribution >= 0.6 is 11.3 Å². The van der Waals surface area contributed by atoms with E-state index >= 15 is 0 Å². The molecule has 1 N–H and O–H groups in total. The molecular formula is C15H20N6OS. The maximum atomic E-state index is 12.4. The Kier molecular flexibility index (Phi) is 3.85. The molecule has 0 aromatic carbocycles. The van der Waals surface area contributed by atoms with Crippen LogP contribution in [0.1, 0.15) is 21.1 Å². The van der Waals surface area contributed by atoms with Gasteiger partial charge in [-0.25, -0.2) is 4.98 Å². The second kappa shape index (κ2) is 5.69. The Morgan fingerprint density at radius 1 is 1.39 bits per heavy atom. The first kappa shape index (κ1) is 15.5. The fourth-order valence-corrected chi connectivity index (χ4v) is 3.63. The first-order chi connectivity index (χ1) is 10.9. The topological polar surface area (TPSA) is 68.0 Å². The van der Waals surface area contributed by atoms with Gasteiger partial charge in [-0.2, -0.15) is 5.10 Å². The summed E-state index contributed by atoms with van der Waals surface area (Å²) < 4.78 is 3.79. The Balaban J connectivity index is 1.75. The average molecular weight is 332 g/mol. The lowest BCUT2D eigenvalue weighted by molar-refractivity contribution is 0.0954. The van der Waals surface area contributed by atoms with E-state index in [2.05, 4.69) is 15.4 Å². The van der Waals surface area contributed by atoms with Crippen molar-refractivity contribution in [1.29, 1.82) is 0 Å². The van der Waals surface area contributed by atoms with Gasteiger partial charge in [0, 0.05) is 33.6 Å². The number of amides is 1. The first-order valence-corrected chi connectivity index (χ1v) is 8.09. The Morgan fingerprint density at radius 3 is 2.74 bits per heavy atom. The Hall–Kier alpha value is -2.35. The number of nitrogens with one attached hydrogen (secondary N) is 1. The van der Waals surface area contributed by atoms with E-state index in [-0.39, 0.29) is 5.91 Å². The van der Waals surface area contributed by atoms with Gasteiger partial charge in [-0.1, -0.05) is 0 Å². The van der Waals surface area contributed by atoms with Gasteiger partial charge in [-0.3, -0.25) is 9.48 Å². The number of anilines is 1. The van der Waals surface area contributed by atoms with Crippen molar-refractivity contribution in [3.05, 3.63) is 28.5 Å². The van der Waals surface area contributed by atoms with Crippen molar-refractivity contribution >= 4 is 33.4 Å². The van der Waals surface area contributed by atoms with Crippen molar-refractivity contribution in [2.75, 3.05) is 19.0 Å². The molecule has 0 spiro atoms. The van der Waals surface area contributed by atoms with Crippen LogP contribution < -0.4 is 10.2 Å². The molecule has 23 heavy (non-hydrogen) atoms. The number of rotatable bonds is 4. The van der Waals surface area contributed by atoms with Crippen LogP contribution in [0, 0.1) is 6.92 Å². The Bertz CT molecular complexity index is 838. The summed E-state index contributed by atoms with van der Waals surface area (Å²) in [5.74, 6) is 0.788. The van der Waals surface area contributed by atoms with E-state index in [1.165, 1.54) is 11.3 Å². The zero-order valence-electron chi connectivity index (χ0n) is 13.9. The summed E-state index contributed by atoms with van der Waals surface area (Å²) in [6.07, 6.45) is 1.79. The fourth-order valence-electron chi connectivity index (χ4n) is 2.59. The van der Waals surface area contributed by atoms with Crippen molar-refractivity contribution in [1.82, 2.24) is 24.6 Å². The summed E-state index contributed by atoms with van der Waals surface area (Å²) in [4.78, 5) is 20.4. The summed E-state index contributed by atoms with van der Waals surface area (Å²) in [6.45, 7) is 2.40. The van der Waals surface area contributed by atoms with E-state index in [1.807, 2.05) is 55.3 Å². The molecule has 0 radical (unpaired) electrons. The van der Waals surface area contributed by atoms with E-state index in [4.69, 9.17) is 0 Å². The third-order valence-corrected chi connectivity index (χ3v) is 5.01. The number of hydrogen-bond donors (Lipinski definition) is 1. The number of imidazole rings is 1. The lowest BCUT2D eigenvalue weighted by Gasteiger charge is -2.12. The molecular weight excluding hydrogens is 312 g/mol. The van der Waals surface area contributed by atoms with E-state index in [9.17, 15) is 4.79 Å². The molecule has 0 bridgehead atoms. The highest BCUT2D eigenvalue weighted by Crippen LogP contribution is 2.27. The number of hydrogen-bond acceptors (Lipinski definition) is 5. The fraction of sp³-hybridized carbons (Fsp3) is 0.400. The number of thiophene rings is 1. The number of nitrogens with zero attached hydrogens (tertiary/aromatic N) is 5. The number of aryl methyl sites for hydroxylation is 2. The molecule has 0 aliphatic carbocycles. The van der Waals surface area contributed by atoms with Gasteiger partial charge in [0.2, 0.25) is 5.95 Å². The van der Waals surface area contributed by atoms with Crippen molar-refractivity contribution in [3.8, 4) is 0 Å². The minimum Gasteiger partial charge on any atom is -0.348 e. The van der Waals surface area contributed by atoms with Crippen LogP contribution in [-0.4, -0.2) is 39.3 Å². The van der Waals surface area contributed by atoms with Gasteiger partial charge in [-0.05, 0) is 13.0 Å². The highest BCUT2D eigenvalue weighted by Gasteiger charge is 2.16. The quantitative estimate of drug-likeness (QED) is 0.789. The van der Waals surface area contributed by atoms with Gasteiger partial charge in [0.1, 0.15) is 4.83 Å². The first-order valence-electron chi connectivity index (χ1n) is 7.27. The van der Waals surface area contributed by atoms with Crippen LogP contribution in [-0.2, 0) is 20.6 Å². The van der Waals surface area contributed by atoms with Gasteiger partial charge in [0.05, 0.1) is 29.0 Å². The largest absolute Gasteiger partial charge is 0.348 e. The number of fused-ring (bicyclic) bond motifs is 1. The standard InChI is InChI=1S/C15H20N6OS/c1-9-11-6-12(23-14(11)21(5)18-9)13(22)16-7-10-8-17-15(19(2)3)20(10)4/h6,8H,7H2,1-5H3,(H,16,22). The summed E-state index contributed by atoms with van der Waals surface area (Å²) in [7, 11) is 7.72. The lowest BCUT2D eigenvalue weighted by atomic mass is 10.3. The zero-order valence-corrected chi connectivity index (χ0v) is 14.7. The van der Waals surface area contributed by atoms with Gasteiger partial charge >= 0.3 is 0 Å². The van der Waals surface area contributed by atoms with E-state index in [0.717, 1.165) is 27.6 Å². The normalized spacial score (nSPS) is 11.2. The number of aromatic nitrogens is 4. The van der Waals surface area contributed by atoms with Crippen LogP contribution in [0.2, 0.25) is 0 Å². The SMILES string of the molecule is Cc1nn(C)c2sc(C(=O)NCc3cnc(N(C)C)n3C)cc12. The maximum Gasteiger partial charge on any atom is 0.261 e. The van der Waals surface area contributed by atoms with Crippen LogP contribution in [0.5, 0.6) is 0 Å². The zero-order chi connectivity index (χ0) is 16.7. The van der Waals surface area contributed by atoms with Crippen LogP contribution in [0.25, 0.3) is 10.2 Å². The molecule has 1 amide bonds. The second-order valence-corrected chi connectivity index (χ2v) is 6.75. The van der Waals surface area contributed by atoms with Gasteiger partial charge in [0.25, 0.3) is 5.91 Å². The molecule has 0 unspecified atom stereocenters. The van der Waals surface area contributed by atoms with Gasteiger partial charge in [0.15, 0.2) is 0 Å². The molecule has 3 aromatic rings. The summed E-state index contributed by atoms with van der Waals surface area (Å²) in [6, 6.07) is 1.91. The highest BCUT2D eigenvalue weighted by atomic mass is 32.1. The Morgan fingerprint density at radius 2 is 2.13 bits per heavy atom. The average Bonchev–Trinajstić information content (AvgIpc) is 3.14. The monoisotopic (exact) mass is 332 g/mol. The molecule has 0 aliphatic rings. The third-order valence-electron chi connectivity index (χ3n) is 3.81. The van der Waals surface area contributed by atoms with E-state index in [1.54, 1.807) is 6.20 Å². The summed E-state index contributed by atoms with van der Waals surface area (Å²) >= 11 is 1.46. The highest BCUT2D eigenvalue weighted by molar-refractivity contribution is 7.20. The molecule has 3 rings (SSSR count). The molecule has 0 saturated heterocycles. The molecule has 0 aliphatic heterocycles. The number of carbonyl (C=O) groups is 1. The molecule has 122 valence electrons. The van der Waals surface area contributed by atoms with Crippen molar-refractivity contribution in [2.45, 2.75) is 13.5 Å².